The average molecular weight is 392 g/mol. The van der Waals surface area contributed by atoms with Crippen LogP contribution in [0.15, 0.2) is 56.0 Å². The van der Waals surface area contributed by atoms with Crippen molar-refractivity contribution in [2.24, 2.45) is 0 Å². The van der Waals surface area contributed by atoms with E-state index in [9.17, 15) is 34.4 Å². The lowest BCUT2D eigenvalue weighted by atomic mass is 10.3. The molecular formula is C12H8O9S3. The maximum Gasteiger partial charge on any atom is 0.298 e. The molecule has 2 N–H and O–H groups in total. The minimum absolute atomic E-state index is 0.558. The van der Waals surface area contributed by atoms with Crippen LogP contribution in [0.5, 0.6) is 11.5 Å². The van der Waals surface area contributed by atoms with Crippen molar-refractivity contribution >= 4 is 30.1 Å². The molecule has 128 valence electrons. The van der Waals surface area contributed by atoms with Crippen LogP contribution in [0.4, 0.5) is 0 Å². The normalized spacial score (nSPS) is 15.9. The molecule has 3 rings (SSSR count). The summed E-state index contributed by atoms with van der Waals surface area (Å²) in [5.41, 5.74) is 0. The van der Waals surface area contributed by atoms with Gasteiger partial charge in [-0.1, -0.05) is 12.1 Å². The first-order valence-electron chi connectivity index (χ1n) is 6.08. The van der Waals surface area contributed by atoms with Gasteiger partial charge in [-0.05, 0) is 24.3 Å². The van der Waals surface area contributed by atoms with E-state index in [0.717, 1.165) is 36.4 Å². The average Bonchev–Trinajstić information content (AvgIpc) is 2.44. The highest BCUT2D eigenvalue weighted by Crippen LogP contribution is 2.47. The van der Waals surface area contributed by atoms with Crippen molar-refractivity contribution in [2.45, 2.75) is 19.6 Å². The van der Waals surface area contributed by atoms with Gasteiger partial charge in [0.2, 0.25) is 9.84 Å². The van der Waals surface area contributed by atoms with Crippen LogP contribution in [0, 0.1) is 0 Å². The zero-order chi connectivity index (χ0) is 17.9. The van der Waals surface area contributed by atoms with Crippen molar-refractivity contribution in [1.82, 2.24) is 0 Å². The number of benzene rings is 2. The lowest BCUT2D eigenvalue weighted by molar-refractivity contribution is 0.406. The molecule has 2 aromatic carbocycles. The zero-order valence-corrected chi connectivity index (χ0v) is 13.9. The second kappa shape index (κ2) is 5.00. The first-order chi connectivity index (χ1) is 10.9. The van der Waals surface area contributed by atoms with E-state index in [1.165, 1.54) is 0 Å². The quantitative estimate of drug-likeness (QED) is 0.611. The van der Waals surface area contributed by atoms with Crippen molar-refractivity contribution in [3.8, 4) is 11.5 Å². The van der Waals surface area contributed by atoms with E-state index in [4.69, 9.17) is 4.74 Å². The number of hydrogen-bond donors (Lipinski definition) is 2. The van der Waals surface area contributed by atoms with Crippen molar-refractivity contribution in [3.05, 3.63) is 36.4 Å². The summed E-state index contributed by atoms with van der Waals surface area (Å²) in [4.78, 5) is -2.81. The predicted molar refractivity (Wildman–Crippen MR) is 78.0 cm³/mol. The summed E-state index contributed by atoms with van der Waals surface area (Å²) in [6.07, 6.45) is 0. The fourth-order valence-electron chi connectivity index (χ4n) is 2.24. The number of para-hydroxylation sites is 2. The number of rotatable bonds is 2. The van der Waals surface area contributed by atoms with Gasteiger partial charge >= 0.3 is 0 Å². The molecule has 24 heavy (non-hydrogen) atoms. The van der Waals surface area contributed by atoms with Gasteiger partial charge in [0.15, 0.2) is 11.5 Å². The summed E-state index contributed by atoms with van der Waals surface area (Å²) < 4.78 is 94.5. The lowest BCUT2D eigenvalue weighted by Gasteiger charge is -2.22. The Morgan fingerprint density at radius 2 is 1.12 bits per heavy atom. The number of hydrogen-bond acceptors (Lipinski definition) is 7. The molecule has 0 amide bonds. The Hall–Kier alpha value is -1.99. The Morgan fingerprint density at radius 3 is 1.46 bits per heavy atom. The molecule has 0 fully saturated rings. The Morgan fingerprint density at radius 1 is 0.750 bits per heavy atom. The minimum Gasteiger partial charge on any atom is -0.452 e. The summed E-state index contributed by atoms with van der Waals surface area (Å²) in [6.45, 7) is 0. The van der Waals surface area contributed by atoms with E-state index in [-0.39, 0.29) is 0 Å². The van der Waals surface area contributed by atoms with Gasteiger partial charge in [-0.2, -0.15) is 16.8 Å². The van der Waals surface area contributed by atoms with Crippen LogP contribution in [0.1, 0.15) is 0 Å². The van der Waals surface area contributed by atoms with Crippen LogP contribution in [-0.2, 0) is 30.1 Å². The van der Waals surface area contributed by atoms with E-state index in [1.54, 1.807) is 0 Å². The molecule has 0 bridgehead atoms. The van der Waals surface area contributed by atoms with E-state index >= 15 is 0 Å². The fraction of sp³-hybridized carbons (Fsp3) is 0. The van der Waals surface area contributed by atoms with Gasteiger partial charge in [-0.25, -0.2) is 8.42 Å². The summed E-state index contributed by atoms with van der Waals surface area (Å²) in [5, 5.41) is 0. The van der Waals surface area contributed by atoms with E-state index < -0.39 is 61.2 Å². The standard InChI is InChI=1S/C12H8O9S3/c13-22(14)7-3-1-5-9(23(15,16)17)11(7)21-12-8(22)4-2-6-10(12)24(18,19)20/h1-6H,(H,15,16,17)(H,18,19,20). The molecule has 0 saturated carbocycles. The van der Waals surface area contributed by atoms with Crippen LogP contribution in [-0.4, -0.2) is 34.4 Å². The van der Waals surface area contributed by atoms with Crippen LogP contribution < -0.4 is 4.74 Å². The lowest BCUT2D eigenvalue weighted by Crippen LogP contribution is -2.16. The Labute approximate surface area is 136 Å². The second-order valence-corrected chi connectivity index (χ2v) is 9.39. The third kappa shape index (κ3) is 2.48. The van der Waals surface area contributed by atoms with Crippen molar-refractivity contribution in [1.29, 1.82) is 0 Å². The molecule has 0 spiro atoms. The highest BCUT2D eigenvalue weighted by molar-refractivity contribution is 7.92. The van der Waals surface area contributed by atoms with Gasteiger partial charge in [0, 0.05) is 0 Å². The highest BCUT2D eigenvalue weighted by Gasteiger charge is 2.38. The topological polar surface area (TPSA) is 152 Å². The first-order valence-corrected chi connectivity index (χ1v) is 10.4. The van der Waals surface area contributed by atoms with Gasteiger partial charge in [-0.3, -0.25) is 9.11 Å². The number of sulfone groups is 1. The fourth-order valence-corrected chi connectivity index (χ4v) is 5.19. The van der Waals surface area contributed by atoms with Gasteiger partial charge < -0.3 is 4.74 Å². The molecule has 1 aliphatic heterocycles. The summed E-state index contributed by atoms with van der Waals surface area (Å²) >= 11 is 0. The zero-order valence-electron chi connectivity index (χ0n) is 11.4. The molecule has 0 aromatic heterocycles. The minimum atomic E-state index is -4.85. The molecule has 1 aliphatic rings. The van der Waals surface area contributed by atoms with Crippen LogP contribution >= 0.6 is 0 Å². The second-order valence-electron chi connectivity index (χ2n) is 4.72. The maximum atomic E-state index is 12.6. The molecule has 0 saturated heterocycles. The first kappa shape index (κ1) is 16.9. The summed E-state index contributed by atoms with van der Waals surface area (Å²) in [5.74, 6) is -1.49. The van der Waals surface area contributed by atoms with Gasteiger partial charge in [0.05, 0.1) is 0 Å². The monoisotopic (exact) mass is 392 g/mol. The van der Waals surface area contributed by atoms with Gasteiger partial charge in [0.1, 0.15) is 19.6 Å². The van der Waals surface area contributed by atoms with E-state index in [0.29, 0.717) is 0 Å². The van der Waals surface area contributed by atoms with Crippen LogP contribution in [0.2, 0.25) is 0 Å². The molecule has 9 nitrogen and oxygen atoms in total. The van der Waals surface area contributed by atoms with E-state index in [1.807, 2.05) is 0 Å². The molecular weight excluding hydrogens is 384 g/mol. The smallest absolute Gasteiger partial charge is 0.298 e. The summed E-state index contributed by atoms with van der Waals surface area (Å²) in [6, 6.07) is 6.04. The van der Waals surface area contributed by atoms with E-state index in [2.05, 4.69) is 0 Å². The number of ether oxygens (including phenoxy) is 1. The third-order valence-corrected chi connectivity index (χ3v) is 6.78. The Bertz CT molecular complexity index is 1090. The van der Waals surface area contributed by atoms with Crippen molar-refractivity contribution < 1.29 is 39.1 Å². The third-order valence-electron chi connectivity index (χ3n) is 3.22. The Kier molecular flexibility index (Phi) is 3.51. The molecule has 2 aromatic rings. The Balaban J connectivity index is 2.46. The SMILES string of the molecule is O=S(=O)(O)c1cccc2c1Oc1c(S(=O)(=O)O)cccc1S2(=O)=O. The molecule has 1 heterocycles. The van der Waals surface area contributed by atoms with Crippen LogP contribution in [0.25, 0.3) is 0 Å². The van der Waals surface area contributed by atoms with Gasteiger partial charge in [0.25, 0.3) is 20.2 Å². The predicted octanol–water partition coefficient (Wildman–Crippen LogP) is 1.12. The molecule has 12 heteroatoms. The van der Waals surface area contributed by atoms with Crippen molar-refractivity contribution in [2.75, 3.05) is 0 Å². The number of fused-ring (bicyclic) bond motifs is 2. The van der Waals surface area contributed by atoms with Crippen LogP contribution in [0.3, 0.4) is 0 Å². The molecule has 0 radical (unpaired) electrons. The highest BCUT2D eigenvalue weighted by atomic mass is 32.2. The van der Waals surface area contributed by atoms with Crippen molar-refractivity contribution in [3.63, 3.8) is 0 Å². The molecule has 0 aliphatic carbocycles. The summed E-state index contributed by atoms with van der Waals surface area (Å²) in [7, 11) is -14.0. The molecule has 0 atom stereocenters. The molecule has 0 unspecified atom stereocenters. The maximum absolute atomic E-state index is 12.6. The largest absolute Gasteiger partial charge is 0.452 e. The van der Waals surface area contributed by atoms with Gasteiger partial charge in [-0.15, -0.1) is 0 Å².